The fourth-order valence-electron chi connectivity index (χ4n) is 3.40. The summed E-state index contributed by atoms with van der Waals surface area (Å²) in [5, 5.41) is 29.0. The van der Waals surface area contributed by atoms with Gasteiger partial charge in [-0.15, -0.1) is 0 Å². The molecule has 0 unspecified atom stereocenters. The predicted molar refractivity (Wildman–Crippen MR) is 141 cm³/mol. The van der Waals surface area contributed by atoms with Gasteiger partial charge in [-0.25, -0.2) is 9.36 Å². The van der Waals surface area contributed by atoms with Crippen LogP contribution in [-0.2, 0) is 39.4 Å². The van der Waals surface area contributed by atoms with Gasteiger partial charge in [0.15, 0.2) is 5.69 Å². The van der Waals surface area contributed by atoms with Crippen LogP contribution in [0.2, 0.25) is 0 Å². The van der Waals surface area contributed by atoms with Gasteiger partial charge in [0.2, 0.25) is 11.8 Å². The lowest BCUT2D eigenvalue weighted by atomic mass is 10.2. The Morgan fingerprint density at radius 1 is 1.15 bits per heavy atom. The second-order valence-corrected chi connectivity index (χ2v) is 8.43. The van der Waals surface area contributed by atoms with Gasteiger partial charge in [0.25, 0.3) is 0 Å². The van der Waals surface area contributed by atoms with Crippen molar-refractivity contribution < 1.29 is 33.9 Å². The standard InChI is InChI=1S/C25H34N6O8/c1-30-19(14-28-25(30)31(36)37)17-39-21-8-7-18(16-32)13-20(21)29-23(34)15-26-11-5-3-4-6-12-27-22(33)9-10-24(35)38-2/h7-10,13-14,26,32H,3-6,11-12,15-17H2,1-2H3,(H,27,33)(H,29,34)/b10-9-. The van der Waals surface area contributed by atoms with E-state index in [0.29, 0.717) is 35.8 Å². The van der Waals surface area contributed by atoms with Crippen LogP contribution in [0.25, 0.3) is 0 Å². The van der Waals surface area contributed by atoms with Crippen LogP contribution in [0.15, 0.2) is 36.5 Å². The molecular formula is C25H34N6O8. The number of anilines is 1. The first-order valence-electron chi connectivity index (χ1n) is 12.3. The van der Waals surface area contributed by atoms with Crippen molar-refractivity contribution in [2.45, 2.75) is 38.9 Å². The molecule has 39 heavy (non-hydrogen) atoms. The molecule has 1 aromatic carbocycles. The van der Waals surface area contributed by atoms with Gasteiger partial charge in [-0.3, -0.25) is 9.59 Å². The van der Waals surface area contributed by atoms with E-state index < -0.39 is 10.9 Å². The monoisotopic (exact) mass is 546 g/mol. The second-order valence-electron chi connectivity index (χ2n) is 8.43. The van der Waals surface area contributed by atoms with Crippen LogP contribution in [0.3, 0.4) is 0 Å². The van der Waals surface area contributed by atoms with E-state index in [1.807, 2.05) is 0 Å². The van der Waals surface area contributed by atoms with Crippen molar-refractivity contribution in [2.24, 2.45) is 7.05 Å². The molecule has 2 amide bonds. The number of nitro groups is 1. The topological polar surface area (TPSA) is 187 Å². The van der Waals surface area contributed by atoms with E-state index in [4.69, 9.17) is 4.74 Å². The summed E-state index contributed by atoms with van der Waals surface area (Å²) in [6.45, 7) is 0.962. The smallest absolute Gasteiger partial charge is 0.434 e. The van der Waals surface area contributed by atoms with E-state index in [2.05, 4.69) is 25.7 Å². The van der Waals surface area contributed by atoms with E-state index >= 15 is 0 Å². The number of unbranched alkanes of at least 4 members (excludes halogenated alkanes) is 3. The third-order valence-electron chi connectivity index (χ3n) is 5.54. The number of hydrogen-bond donors (Lipinski definition) is 4. The van der Waals surface area contributed by atoms with Crippen LogP contribution in [0.5, 0.6) is 5.75 Å². The maximum absolute atomic E-state index is 12.5. The highest BCUT2D eigenvalue weighted by Gasteiger charge is 2.18. The quantitative estimate of drug-likeness (QED) is 0.0741. The van der Waals surface area contributed by atoms with Crippen LogP contribution >= 0.6 is 0 Å². The van der Waals surface area contributed by atoms with Gasteiger partial charge in [-0.1, -0.05) is 23.9 Å². The second kappa shape index (κ2) is 16.5. The molecule has 0 saturated carbocycles. The summed E-state index contributed by atoms with van der Waals surface area (Å²) < 4.78 is 11.5. The fourth-order valence-corrected chi connectivity index (χ4v) is 3.40. The van der Waals surface area contributed by atoms with Crippen molar-refractivity contribution >= 4 is 29.4 Å². The Kier molecular flexibility index (Phi) is 13.1. The SMILES string of the molecule is COC(=O)/C=C\C(=O)NCCCCCCNCC(=O)Nc1cc(CO)ccc1OCc1cnc([N+](=O)[O-])n1C. The van der Waals surface area contributed by atoms with Gasteiger partial charge in [0.1, 0.15) is 18.6 Å². The molecule has 0 saturated heterocycles. The van der Waals surface area contributed by atoms with Gasteiger partial charge < -0.3 is 40.6 Å². The van der Waals surface area contributed by atoms with Crippen molar-refractivity contribution in [3.8, 4) is 5.75 Å². The summed E-state index contributed by atoms with van der Waals surface area (Å²) in [5.41, 5.74) is 1.43. The molecule has 0 atom stereocenters. The van der Waals surface area contributed by atoms with E-state index in [1.54, 1.807) is 18.2 Å². The maximum atomic E-state index is 12.5. The van der Waals surface area contributed by atoms with Gasteiger partial charge in [0.05, 0.1) is 33.0 Å². The highest BCUT2D eigenvalue weighted by molar-refractivity contribution is 5.94. The minimum absolute atomic E-state index is 0.00912. The summed E-state index contributed by atoms with van der Waals surface area (Å²) in [6.07, 6.45) is 6.97. The Labute approximate surface area is 225 Å². The molecule has 0 aliphatic heterocycles. The normalized spacial score (nSPS) is 10.8. The lowest BCUT2D eigenvalue weighted by molar-refractivity contribution is -0.396. The Hall–Kier alpha value is -4.30. The third kappa shape index (κ3) is 10.9. The predicted octanol–water partition coefficient (Wildman–Crippen LogP) is 1.33. The lowest BCUT2D eigenvalue weighted by Crippen LogP contribution is -2.29. The summed E-state index contributed by atoms with van der Waals surface area (Å²) in [7, 11) is 2.75. The number of hydrogen-bond acceptors (Lipinski definition) is 10. The van der Waals surface area contributed by atoms with Crippen molar-refractivity contribution in [3.63, 3.8) is 0 Å². The average Bonchev–Trinajstić information content (AvgIpc) is 3.30. The zero-order chi connectivity index (χ0) is 28.6. The Morgan fingerprint density at radius 2 is 1.90 bits per heavy atom. The Bertz CT molecular complexity index is 1160. The number of nitrogens with zero attached hydrogens (tertiary/aromatic N) is 3. The van der Waals surface area contributed by atoms with Gasteiger partial charge in [0, 0.05) is 18.7 Å². The van der Waals surface area contributed by atoms with Gasteiger partial charge in [-0.05, 0) is 42.0 Å². The summed E-state index contributed by atoms with van der Waals surface area (Å²) >= 11 is 0. The van der Waals surface area contributed by atoms with Gasteiger partial charge >= 0.3 is 11.9 Å². The highest BCUT2D eigenvalue weighted by atomic mass is 16.6. The van der Waals surface area contributed by atoms with Crippen molar-refractivity contribution in [1.82, 2.24) is 20.2 Å². The number of benzene rings is 1. The highest BCUT2D eigenvalue weighted by Crippen LogP contribution is 2.27. The molecular weight excluding hydrogens is 512 g/mol. The van der Waals surface area contributed by atoms with Crippen LogP contribution in [0.4, 0.5) is 11.6 Å². The van der Waals surface area contributed by atoms with Crippen molar-refractivity contribution in [2.75, 3.05) is 32.1 Å². The number of aliphatic hydroxyl groups excluding tert-OH is 1. The van der Waals surface area contributed by atoms with E-state index in [-0.39, 0.29) is 37.5 Å². The summed E-state index contributed by atoms with van der Waals surface area (Å²) in [4.78, 5) is 49.1. The first kappa shape index (κ1) is 30.9. The van der Waals surface area contributed by atoms with E-state index in [9.17, 15) is 29.6 Å². The van der Waals surface area contributed by atoms with Crippen molar-refractivity contribution in [1.29, 1.82) is 0 Å². The molecule has 0 bridgehead atoms. The first-order chi connectivity index (χ1) is 18.7. The lowest BCUT2D eigenvalue weighted by Gasteiger charge is -2.14. The molecule has 4 N–H and O–H groups in total. The molecule has 14 nitrogen and oxygen atoms in total. The minimum Gasteiger partial charge on any atom is -0.484 e. The van der Waals surface area contributed by atoms with E-state index in [1.165, 1.54) is 24.9 Å². The van der Waals surface area contributed by atoms with Crippen LogP contribution in [-0.4, -0.2) is 64.1 Å². The van der Waals surface area contributed by atoms with Crippen LogP contribution < -0.4 is 20.7 Å². The number of aromatic nitrogens is 2. The molecule has 1 aromatic heterocycles. The molecule has 14 heteroatoms. The van der Waals surface area contributed by atoms with Gasteiger partial charge in [-0.2, -0.15) is 0 Å². The summed E-state index contributed by atoms with van der Waals surface area (Å²) in [6, 6.07) is 4.86. The molecule has 2 aromatic rings. The molecule has 1 heterocycles. The zero-order valence-corrected chi connectivity index (χ0v) is 22.0. The number of methoxy groups -OCH3 is 1. The molecule has 212 valence electrons. The largest absolute Gasteiger partial charge is 0.484 e. The Balaban J connectivity index is 1.71. The number of rotatable bonds is 17. The number of carbonyl (C=O) groups excluding carboxylic acids is 3. The summed E-state index contributed by atoms with van der Waals surface area (Å²) in [5.74, 6) is -1.20. The molecule has 0 fully saturated rings. The minimum atomic E-state index is -0.590. The van der Waals surface area contributed by atoms with E-state index in [0.717, 1.165) is 37.8 Å². The molecule has 0 radical (unpaired) electrons. The number of esters is 1. The molecule has 0 spiro atoms. The number of amides is 2. The molecule has 0 aliphatic carbocycles. The number of ether oxygens (including phenoxy) is 2. The maximum Gasteiger partial charge on any atom is 0.434 e. The van der Waals surface area contributed by atoms with Crippen molar-refractivity contribution in [3.05, 3.63) is 57.9 Å². The average molecular weight is 547 g/mol. The fraction of sp³-hybridized carbons (Fsp3) is 0.440. The van der Waals surface area contributed by atoms with Crippen LogP contribution in [0.1, 0.15) is 36.9 Å². The Morgan fingerprint density at radius 3 is 2.56 bits per heavy atom. The number of carbonyl (C=O) groups is 3. The first-order valence-corrected chi connectivity index (χ1v) is 12.3. The number of imidazole rings is 1. The molecule has 2 rings (SSSR count). The number of nitrogens with one attached hydrogen (secondary N) is 3. The number of aliphatic hydroxyl groups is 1. The molecule has 0 aliphatic rings. The zero-order valence-electron chi connectivity index (χ0n) is 22.0. The third-order valence-corrected chi connectivity index (χ3v) is 5.54. The van der Waals surface area contributed by atoms with Crippen LogP contribution in [0, 0.1) is 10.1 Å².